The van der Waals surface area contributed by atoms with Crippen LogP contribution in [0, 0.1) is 6.92 Å². The molecule has 1 saturated heterocycles. The molecule has 1 atom stereocenters. The Morgan fingerprint density at radius 3 is 2.95 bits per heavy atom. The first-order chi connectivity index (χ1) is 9.58. The fraction of sp³-hybridized carbons (Fsp3) is 0.417. The molecule has 8 nitrogen and oxygen atoms in total. The van der Waals surface area contributed by atoms with Gasteiger partial charge in [0.1, 0.15) is 6.04 Å². The summed E-state index contributed by atoms with van der Waals surface area (Å²) in [5.41, 5.74) is 0.803. The van der Waals surface area contributed by atoms with E-state index in [1.165, 1.54) is 9.42 Å². The Labute approximate surface area is 114 Å². The van der Waals surface area contributed by atoms with Crippen molar-refractivity contribution in [2.24, 2.45) is 0 Å². The van der Waals surface area contributed by atoms with Crippen LogP contribution in [0.3, 0.4) is 0 Å². The zero-order valence-electron chi connectivity index (χ0n) is 10.9. The van der Waals surface area contributed by atoms with Gasteiger partial charge >= 0.3 is 5.97 Å². The predicted octanol–water partition coefficient (Wildman–Crippen LogP) is 0.122. The molecule has 2 aromatic rings. The summed E-state index contributed by atoms with van der Waals surface area (Å²) < 4.78 is 1.47. The van der Waals surface area contributed by atoms with Crippen molar-refractivity contribution in [2.75, 3.05) is 6.54 Å². The second-order valence-corrected chi connectivity index (χ2v) is 4.73. The second kappa shape index (κ2) is 4.55. The zero-order valence-corrected chi connectivity index (χ0v) is 10.9. The molecule has 20 heavy (non-hydrogen) atoms. The monoisotopic (exact) mass is 275 g/mol. The standard InChI is InChI=1S/C12H13N5O3/c1-7-4-5-13-12-14-9(15-17(7)12)10(18)16-6-2-3-8(16)11(19)20/h4-5,8H,2-3,6H2,1H3,(H,19,20)/t8-/m0/s1. The number of aryl methyl sites for hydroxylation is 1. The Kier molecular flexibility index (Phi) is 2.85. The summed E-state index contributed by atoms with van der Waals surface area (Å²) in [6.45, 7) is 2.24. The van der Waals surface area contributed by atoms with Gasteiger partial charge in [-0.3, -0.25) is 4.79 Å². The highest BCUT2D eigenvalue weighted by molar-refractivity contribution is 5.94. The van der Waals surface area contributed by atoms with E-state index in [0.29, 0.717) is 25.2 Å². The van der Waals surface area contributed by atoms with Gasteiger partial charge in [-0.1, -0.05) is 0 Å². The Hall–Kier alpha value is -2.51. The molecule has 1 fully saturated rings. The van der Waals surface area contributed by atoms with Gasteiger partial charge in [-0.2, -0.15) is 4.98 Å². The topological polar surface area (TPSA) is 101 Å². The molecule has 1 amide bonds. The number of carboxylic acid groups (broad SMARTS) is 1. The number of carbonyl (C=O) groups is 2. The number of amides is 1. The minimum absolute atomic E-state index is 0.0139. The lowest BCUT2D eigenvalue weighted by atomic mass is 10.2. The highest BCUT2D eigenvalue weighted by atomic mass is 16.4. The van der Waals surface area contributed by atoms with Crippen LogP contribution in [-0.4, -0.2) is 54.1 Å². The molecular formula is C12H13N5O3. The minimum atomic E-state index is -0.992. The maximum Gasteiger partial charge on any atom is 0.326 e. The maximum absolute atomic E-state index is 12.3. The number of hydrogen-bond donors (Lipinski definition) is 1. The van der Waals surface area contributed by atoms with Crippen molar-refractivity contribution >= 4 is 17.7 Å². The van der Waals surface area contributed by atoms with E-state index in [-0.39, 0.29) is 5.82 Å². The van der Waals surface area contributed by atoms with Crippen molar-refractivity contribution in [3.05, 3.63) is 23.8 Å². The molecule has 104 valence electrons. The van der Waals surface area contributed by atoms with Gasteiger partial charge < -0.3 is 10.0 Å². The Morgan fingerprint density at radius 1 is 1.45 bits per heavy atom. The highest BCUT2D eigenvalue weighted by Gasteiger charge is 2.36. The van der Waals surface area contributed by atoms with Crippen LogP contribution in [0.2, 0.25) is 0 Å². The van der Waals surface area contributed by atoms with Crippen LogP contribution in [0.25, 0.3) is 5.78 Å². The fourth-order valence-electron chi connectivity index (χ4n) is 2.39. The third kappa shape index (κ3) is 1.89. The molecule has 0 aromatic carbocycles. The summed E-state index contributed by atoms with van der Waals surface area (Å²) in [4.78, 5) is 32.9. The van der Waals surface area contributed by atoms with E-state index < -0.39 is 17.9 Å². The van der Waals surface area contributed by atoms with Crippen LogP contribution in [0.1, 0.15) is 29.2 Å². The fourth-order valence-corrected chi connectivity index (χ4v) is 2.39. The molecule has 0 bridgehead atoms. The molecule has 8 heteroatoms. The molecule has 1 aliphatic rings. The van der Waals surface area contributed by atoms with Gasteiger partial charge in [-0.25, -0.2) is 14.3 Å². The van der Waals surface area contributed by atoms with E-state index in [0.717, 1.165) is 5.69 Å². The number of aromatic nitrogens is 4. The summed E-state index contributed by atoms with van der Waals surface area (Å²) in [5.74, 6) is -1.13. The van der Waals surface area contributed by atoms with Crippen LogP contribution >= 0.6 is 0 Å². The van der Waals surface area contributed by atoms with Crippen molar-refractivity contribution in [2.45, 2.75) is 25.8 Å². The van der Waals surface area contributed by atoms with Gasteiger partial charge in [0.05, 0.1) is 0 Å². The predicted molar refractivity (Wildman–Crippen MR) is 67.2 cm³/mol. The van der Waals surface area contributed by atoms with Crippen molar-refractivity contribution in [3.63, 3.8) is 0 Å². The molecule has 0 radical (unpaired) electrons. The number of likely N-dealkylation sites (tertiary alicyclic amines) is 1. The molecule has 1 N–H and O–H groups in total. The lowest BCUT2D eigenvalue weighted by Crippen LogP contribution is -2.40. The maximum atomic E-state index is 12.3. The number of nitrogens with zero attached hydrogens (tertiary/aromatic N) is 5. The molecule has 0 spiro atoms. The number of carbonyl (C=O) groups excluding carboxylic acids is 1. The van der Waals surface area contributed by atoms with Crippen molar-refractivity contribution in [1.82, 2.24) is 24.5 Å². The highest BCUT2D eigenvalue weighted by Crippen LogP contribution is 2.19. The zero-order chi connectivity index (χ0) is 14.3. The molecule has 1 aliphatic heterocycles. The lowest BCUT2D eigenvalue weighted by molar-refractivity contribution is -0.141. The average Bonchev–Trinajstić information content (AvgIpc) is 3.05. The normalized spacial score (nSPS) is 18.6. The van der Waals surface area contributed by atoms with Gasteiger partial charge in [-0.15, -0.1) is 5.10 Å². The summed E-state index contributed by atoms with van der Waals surface area (Å²) in [7, 11) is 0. The van der Waals surface area contributed by atoms with Gasteiger partial charge in [0, 0.05) is 18.4 Å². The first-order valence-corrected chi connectivity index (χ1v) is 6.30. The third-order valence-corrected chi connectivity index (χ3v) is 3.42. The van der Waals surface area contributed by atoms with Gasteiger partial charge in [0.25, 0.3) is 11.7 Å². The van der Waals surface area contributed by atoms with Crippen molar-refractivity contribution < 1.29 is 14.7 Å². The van der Waals surface area contributed by atoms with E-state index >= 15 is 0 Å². The molecular weight excluding hydrogens is 262 g/mol. The van der Waals surface area contributed by atoms with Crippen molar-refractivity contribution in [3.8, 4) is 0 Å². The Morgan fingerprint density at radius 2 is 2.25 bits per heavy atom. The van der Waals surface area contributed by atoms with Crippen LogP contribution in [0.5, 0.6) is 0 Å². The summed E-state index contributed by atoms with van der Waals surface area (Å²) in [5, 5.41) is 13.2. The number of carboxylic acids is 1. The number of aliphatic carboxylic acids is 1. The molecule has 0 unspecified atom stereocenters. The van der Waals surface area contributed by atoms with Gasteiger partial charge in [0.2, 0.25) is 5.82 Å². The first-order valence-electron chi connectivity index (χ1n) is 6.30. The average molecular weight is 275 g/mol. The van der Waals surface area contributed by atoms with Crippen LogP contribution in [0.15, 0.2) is 12.3 Å². The number of fused-ring (bicyclic) bond motifs is 1. The molecule has 0 saturated carbocycles. The van der Waals surface area contributed by atoms with E-state index in [1.54, 1.807) is 12.3 Å². The van der Waals surface area contributed by atoms with E-state index in [1.807, 2.05) is 6.92 Å². The Bertz CT molecular complexity index is 695. The largest absolute Gasteiger partial charge is 0.480 e. The first kappa shape index (κ1) is 12.5. The third-order valence-electron chi connectivity index (χ3n) is 3.42. The lowest BCUT2D eigenvalue weighted by Gasteiger charge is -2.19. The number of hydrogen-bond acceptors (Lipinski definition) is 5. The van der Waals surface area contributed by atoms with Crippen LogP contribution < -0.4 is 0 Å². The van der Waals surface area contributed by atoms with Gasteiger partial charge in [-0.05, 0) is 25.8 Å². The molecule has 2 aromatic heterocycles. The quantitative estimate of drug-likeness (QED) is 0.835. The van der Waals surface area contributed by atoms with Gasteiger partial charge in [0.15, 0.2) is 0 Å². The molecule has 3 heterocycles. The molecule has 3 rings (SSSR count). The summed E-state index contributed by atoms with van der Waals surface area (Å²) >= 11 is 0. The smallest absolute Gasteiger partial charge is 0.326 e. The van der Waals surface area contributed by atoms with Crippen molar-refractivity contribution in [1.29, 1.82) is 0 Å². The van der Waals surface area contributed by atoms with E-state index in [9.17, 15) is 9.59 Å². The van der Waals surface area contributed by atoms with E-state index in [4.69, 9.17) is 5.11 Å². The minimum Gasteiger partial charge on any atom is -0.480 e. The number of rotatable bonds is 2. The molecule has 0 aliphatic carbocycles. The SMILES string of the molecule is Cc1ccnc2nc(C(=O)N3CCC[C@H]3C(=O)O)nn12. The second-order valence-electron chi connectivity index (χ2n) is 4.73. The Balaban J connectivity index is 1.96. The van der Waals surface area contributed by atoms with E-state index in [2.05, 4.69) is 15.1 Å². The summed E-state index contributed by atoms with van der Waals surface area (Å²) in [6, 6.07) is 0.967. The van der Waals surface area contributed by atoms with Crippen LogP contribution in [-0.2, 0) is 4.79 Å². The summed E-state index contributed by atoms with van der Waals surface area (Å²) in [6.07, 6.45) is 2.72. The van der Waals surface area contributed by atoms with Crippen LogP contribution in [0.4, 0.5) is 0 Å².